The van der Waals surface area contributed by atoms with E-state index in [1.54, 1.807) is 0 Å². The number of hydrogen-bond donors (Lipinski definition) is 2. The fourth-order valence-corrected chi connectivity index (χ4v) is 4.59. The van der Waals surface area contributed by atoms with E-state index in [-0.39, 0.29) is 44.2 Å². The molecule has 0 aliphatic heterocycles. The van der Waals surface area contributed by atoms with Gasteiger partial charge in [0.15, 0.2) is 12.6 Å². The van der Waals surface area contributed by atoms with Crippen LogP contribution in [0, 0.1) is 26.1 Å². The van der Waals surface area contributed by atoms with E-state index in [4.69, 9.17) is 21.1 Å². The van der Waals surface area contributed by atoms with E-state index >= 15 is 0 Å². The van der Waals surface area contributed by atoms with Crippen LogP contribution in [-0.2, 0) is 40.0 Å². The molecular formula is C35H53N7O12. The molecule has 1 atom stereocenters. The topological polar surface area (TPSA) is 255 Å². The molecule has 2 aromatic rings. The average Bonchev–Trinajstić information content (AvgIpc) is 3.14. The molecule has 0 heterocycles. The zero-order valence-electron chi connectivity index (χ0n) is 31.3. The summed E-state index contributed by atoms with van der Waals surface area (Å²) in [4.78, 5) is 64.1. The highest BCUT2D eigenvalue weighted by Crippen LogP contribution is 2.25. The zero-order valence-corrected chi connectivity index (χ0v) is 31.3. The van der Waals surface area contributed by atoms with Gasteiger partial charge in [-0.25, -0.2) is 10.6 Å². The number of carbonyl (C=O) groups excluding carboxylic acids is 3. The molecule has 0 spiro atoms. The predicted molar refractivity (Wildman–Crippen MR) is 197 cm³/mol. The third-order valence-corrected chi connectivity index (χ3v) is 7.77. The van der Waals surface area contributed by atoms with Crippen LogP contribution in [0.1, 0.15) is 83.8 Å². The molecule has 19 nitrogen and oxygen atoms in total. The number of rotatable bonds is 25. The Bertz CT molecular complexity index is 1460. The number of nitrogens with zero attached hydrogens (tertiary/aromatic N) is 5. The summed E-state index contributed by atoms with van der Waals surface area (Å²) < 4.78 is 14.1. The van der Waals surface area contributed by atoms with Crippen LogP contribution in [0.5, 0.6) is 0 Å². The van der Waals surface area contributed by atoms with Crippen molar-refractivity contribution in [3.05, 3.63) is 79.9 Å². The van der Waals surface area contributed by atoms with Gasteiger partial charge >= 0.3 is 6.16 Å². The molecule has 1 amide bonds. The Labute approximate surface area is 314 Å². The van der Waals surface area contributed by atoms with Crippen molar-refractivity contribution in [2.75, 3.05) is 33.2 Å². The van der Waals surface area contributed by atoms with Gasteiger partial charge in [-0.3, -0.25) is 9.59 Å². The quantitative estimate of drug-likeness (QED) is 0.0156. The summed E-state index contributed by atoms with van der Waals surface area (Å²) in [5.41, 5.74) is 9.67. The lowest BCUT2D eigenvalue weighted by atomic mass is 9.97. The smallest absolute Gasteiger partial charge is 0.468 e. The molecule has 4 N–H and O–H groups in total. The predicted octanol–water partition coefficient (Wildman–Crippen LogP) is 4.96. The number of hydrazone groups is 1. The van der Waals surface area contributed by atoms with E-state index < -0.39 is 23.1 Å². The molecule has 19 heteroatoms. The summed E-state index contributed by atoms with van der Waals surface area (Å²) in [5, 5.41) is 23.0. The van der Waals surface area contributed by atoms with Crippen molar-refractivity contribution in [2.45, 2.75) is 85.2 Å². The van der Waals surface area contributed by atoms with Crippen molar-refractivity contribution in [3.63, 3.8) is 0 Å². The maximum Gasteiger partial charge on any atom is 0.510 e. The van der Waals surface area contributed by atoms with E-state index in [2.05, 4.69) is 47.2 Å². The Morgan fingerprint density at radius 2 is 1.46 bits per heavy atom. The molecule has 54 heavy (non-hydrogen) atoms. The van der Waals surface area contributed by atoms with Crippen LogP contribution in [0.25, 0.3) is 11.1 Å². The maximum atomic E-state index is 13.0. The molecule has 2 aromatic carbocycles. The van der Waals surface area contributed by atoms with Crippen molar-refractivity contribution in [2.24, 2.45) is 22.6 Å². The fraction of sp³-hybridized carbons (Fsp3) is 0.543. The number of hydrogen-bond acceptors (Lipinski definition) is 15. The maximum absolute atomic E-state index is 13.0. The van der Waals surface area contributed by atoms with Crippen LogP contribution in [0.15, 0.2) is 53.6 Å². The number of hydrazine groups is 1. The summed E-state index contributed by atoms with van der Waals surface area (Å²) >= 11 is 0. The number of nitrogens with two attached hydrogens (primary N) is 2. The second kappa shape index (κ2) is 27.0. The van der Waals surface area contributed by atoms with Gasteiger partial charge in [0.1, 0.15) is 0 Å². The molecule has 0 aromatic heterocycles. The second-order valence-corrected chi connectivity index (χ2v) is 12.1. The number of ether oxygens (including phenoxy) is 3. The molecule has 2 rings (SSSR count). The Morgan fingerprint density at radius 1 is 0.870 bits per heavy atom. The lowest BCUT2D eigenvalue weighted by Crippen LogP contribution is -2.40. The van der Waals surface area contributed by atoms with Crippen LogP contribution < -0.4 is 11.6 Å². The summed E-state index contributed by atoms with van der Waals surface area (Å²) in [7, 11) is 0. The van der Waals surface area contributed by atoms with Gasteiger partial charge in [0.25, 0.3) is 16.6 Å². The van der Waals surface area contributed by atoms with Gasteiger partial charge in [0, 0.05) is 24.6 Å². The summed E-state index contributed by atoms with van der Waals surface area (Å²) in [6.07, 6.45) is 3.23. The SMILES string of the molecule is CCCCC(=O)N(Cc1ccc(-c2ccccc2/C(N)=N/N(N)COC(=O)OCCCCO[N+](=O)[O-])cc1)C(C)C(C)C.O=COCCCCO[N+](=O)[O-]. The first-order chi connectivity index (χ1) is 25.8. The summed E-state index contributed by atoms with van der Waals surface area (Å²) in [6, 6.07) is 15.6. The van der Waals surface area contributed by atoms with Crippen LogP contribution in [0.2, 0.25) is 0 Å². The van der Waals surface area contributed by atoms with Crippen molar-refractivity contribution in [1.82, 2.24) is 10.0 Å². The first-order valence-corrected chi connectivity index (χ1v) is 17.5. The number of amides is 1. The third-order valence-electron chi connectivity index (χ3n) is 7.77. The highest BCUT2D eigenvalue weighted by atomic mass is 17.0. The number of unbranched alkanes of at least 4 members (excludes halogenated alkanes) is 3. The lowest BCUT2D eigenvalue weighted by molar-refractivity contribution is -0.757. The first-order valence-electron chi connectivity index (χ1n) is 17.5. The van der Waals surface area contributed by atoms with Crippen LogP contribution >= 0.6 is 0 Å². The summed E-state index contributed by atoms with van der Waals surface area (Å²) in [6.45, 7) is 9.15. The average molecular weight is 764 g/mol. The van der Waals surface area contributed by atoms with E-state index in [0.717, 1.165) is 34.6 Å². The van der Waals surface area contributed by atoms with Gasteiger partial charge in [0.2, 0.25) is 5.91 Å². The number of amidine groups is 1. The minimum absolute atomic E-state index is 0.00595. The van der Waals surface area contributed by atoms with Gasteiger partial charge in [0.05, 0.1) is 26.4 Å². The van der Waals surface area contributed by atoms with Crippen molar-refractivity contribution >= 4 is 24.4 Å². The van der Waals surface area contributed by atoms with Gasteiger partial charge < -0.3 is 34.5 Å². The standard InChI is InChI=1S/C30H44N6O7.C5H9NO5/c1-5-6-13-28(37)34(23(4)22(2)3)20-24-14-16-25(17-15-24)26-11-7-8-12-27(26)29(31)33-35(32)21-42-30(38)41-18-9-10-19-43-36(39)40;7-5-10-3-1-2-4-11-6(8)9/h7-8,11-12,14-17,22-23H,5-6,9-10,13,18-21,32H2,1-4H3,(H2,31,33);5H,1-4H2. The molecule has 0 saturated heterocycles. The normalized spacial score (nSPS) is 11.3. The van der Waals surface area contributed by atoms with Gasteiger partial charge in [-0.05, 0) is 61.6 Å². The van der Waals surface area contributed by atoms with Crippen molar-refractivity contribution in [1.29, 1.82) is 0 Å². The van der Waals surface area contributed by atoms with Crippen LogP contribution in [0.4, 0.5) is 4.79 Å². The highest BCUT2D eigenvalue weighted by Gasteiger charge is 2.22. The largest absolute Gasteiger partial charge is 0.510 e. The minimum atomic E-state index is -0.965. The highest BCUT2D eigenvalue weighted by molar-refractivity contribution is 6.03. The first kappa shape index (κ1) is 46.3. The van der Waals surface area contributed by atoms with E-state index in [1.165, 1.54) is 0 Å². The second-order valence-electron chi connectivity index (χ2n) is 12.1. The van der Waals surface area contributed by atoms with E-state index in [9.17, 15) is 34.6 Å². The summed E-state index contributed by atoms with van der Waals surface area (Å²) in [5.74, 6) is 6.48. The molecule has 300 valence electrons. The fourth-order valence-electron chi connectivity index (χ4n) is 4.59. The molecule has 0 saturated carbocycles. The molecule has 0 aliphatic rings. The Hall–Kier alpha value is -5.72. The van der Waals surface area contributed by atoms with Crippen LogP contribution in [0.3, 0.4) is 0 Å². The van der Waals surface area contributed by atoms with Gasteiger partial charge in [-0.15, -0.1) is 25.3 Å². The number of benzene rings is 2. The lowest BCUT2D eigenvalue weighted by Gasteiger charge is -2.32. The third kappa shape index (κ3) is 19.8. The number of carbonyl (C=O) groups is 3. The zero-order chi connectivity index (χ0) is 40.3. The Balaban J connectivity index is 0.00000114. The van der Waals surface area contributed by atoms with Crippen molar-refractivity contribution < 1.29 is 48.4 Å². The van der Waals surface area contributed by atoms with Gasteiger partial charge in [-0.2, -0.15) is 5.12 Å². The van der Waals surface area contributed by atoms with Crippen LogP contribution in [-0.4, -0.2) is 83.8 Å². The van der Waals surface area contributed by atoms with E-state index in [1.807, 2.05) is 53.4 Å². The monoisotopic (exact) mass is 763 g/mol. The van der Waals surface area contributed by atoms with E-state index in [0.29, 0.717) is 56.6 Å². The Kier molecular flexibility index (Phi) is 23.1. The molecule has 0 radical (unpaired) electrons. The van der Waals surface area contributed by atoms with Gasteiger partial charge in [-0.1, -0.05) is 75.7 Å². The molecule has 1 unspecified atom stereocenters. The molecule has 0 bridgehead atoms. The molecule has 0 aliphatic carbocycles. The van der Waals surface area contributed by atoms with Crippen molar-refractivity contribution in [3.8, 4) is 11.1 Å². The Morgan fingerprint density at radius 3 is 2.04 bits per heavy atom. The minimum Gasteiger partial charge on any atom is -0.468 e. The molecule has 0 fully saturated rings. The molecular weight excluding hydrogens is 710 g/mol.